The van der Waals surface area contributed by atoms with Crippen molar-refractivity contribution in [2.75, 3.05) is 27.3 Å². The van der Waals surface area contributed by atoms with Crippen molar-refractivity contribution in [2.45, 2.75) is 64.8 Å². The van der Waals surface area contributed by atoms with Gasteiger partial charge in [-0.1, -0.05) is 24.3 Å². The van der Waals surface area contributed by atoms with E-state index in [1.165, 1.54) is 72.0 Å². The number of halogens is 2. The first-order valence-electron chi connectivity index (χ1n) is 18.6. The lowest BCUT2D eigenvalue weighted by Gasteiger charge is -2.11. The normalized spacial score (nSPS) is 18.0. The van der Waals surface area contributed by atoms with Crippen LogP contribution in [-0.4, -0.2) is 72.0 Å². The van der Waals surface area contributed by atoms with Crippen LogP contribution in [0.5, 0.6) is 0 Å². The van der Waals surface area contributed by atoms with E-state index in [4.69, 9.17) is 9.47 Å². The van der Waals surface area contributed by atoms with Crippen molar-refractivity contribution in [3.63, 3.8) is 0 Å². The number of Topliss-reactive ketones (excluding diaryl/α,β-unsaturated/α-hetero) is 2. The third-order valence-corrected chi connectivity index (χ3v) is 9.66. The summed E-state index contributed by atoms with van der Waals surface area (Å²) in [6.07, 6.45) is 5.47. The Kier molecular flexibility index (Phi) is 14.0. The van der Waals surface area contributed by atoms with Crippen molar-refractivity contribution in [2.24, 2.45) is 11.8 Å². The summed E-state index contributed by atoms with van der Waals surface area (Å²) >= 11 is 0. The summed E-state index contributed by atoms with van der Waals surface area (Å²) in [6, 6.07) is 14.2. The molecule has 2 saturated carbocycles. The molecule has 0 aliphatic heterocycles. The number of pyridine rings is 2. The van der Waals surface area contributed by atoms with Gasteiger partial charge in [0.15, 0.2) is 11.6 Å². The molecule has 296 valence electrons. The van der Waals surface area contributed by atoms with Crippen molar-refractivity contribution < 1.29 is 37.4 Å². The van der Waals surface area contributed by atoms with Crippen molar-refractivity contribution in [3.8, 4) is 0 Å². The van der Waals surface area contributed by atoms with Crippen LogP contribution in [-0.2, 0) is 22.6 Å². The number of ketones is 2. The molecule has 2 aromatic carbocycles. The van der Waals surface area contributed by atoms with E-state index in [1.807, 2.05) is 13.8 Å². The van der Waals surface area contributed by atoms with Crippen molar-refractivity contribution in [1.29, 1.82) is 0 Å². The van der Waals surface area contributed by atoms with Gasteiger partial charge in [0.1, 0.15) is 22.8 Å². The predicted octanol–water partition coefficient (Wildman–Crippen LogP) is 4.79. The van der Waals surface area contributed by atoms with E-state index >= 15 is 0 Å². The molecule has 56 heavy (non-hydrogen) atoms. The van der Waals surface area contributed by atoms with E-state index in [9.17, 15) is 37.5 Å². The largest absolute Gasteiger partial charge is 0.378 e. The summed E-state index contributed by atoms with van der Waals surface area (Å²) < 4.78 is 39.9. The van der Waals surface area contributed by atoms with Gasteiger partial charge in [0.05, 0.1) is 25.3 Å². The molecule has 2 N–H and O–H groups in total. The van der Waals surface area contributed by atoms with Gasteiger partial charge in [0, 0.05) is 63.7 Å². The van der Waals surface area contributed by atoms with Gasteiger partial charge in [-0.25, -0.2) is 8.78 Å². The molecule has 2 amide bonds. The minimum absolute atomic E-state index is 0.0902. The third kappa shape index (κ3) is 10.8. The second-order valence-electron chi connectivity index (χ2n) is 13.8. The summed E-state index contributed by atoms with van der Waals surface area (Å²) in [7, 11) is 2.86. The second-order valence-corrected chi connectivity index (χ2v) is 13.8. The molecular formula is C42H46F2N4O8. The van der Waals surface area contributed by atoms with E-state index in [-0.39, 0.29) is 71.5 Å². The number of hydrogen-bond acceptors (Lipinski definition) is 8. The Labute approximate surface area is 322 Å². The minimum Gasteiger partial charge on any atom is -0.378 e. The highest BCUT2D eigenvalue weighted by atomic mass is 19.1. The van der Waals surface area contributed by atoms with Gasteiger partial charge in [-0.2, -0.15) is 0 Å². The fourth-order valence-corrected chi connectivity index (χ4v) is 6.40. The standard InChI is InChI=1S/2C21H23FN2O4/c2*1-3-28-19-10-14(19)9-18(25)15-8-17(20(26)23-2)21(27)24(12-15)11-13-4-6-16(22)7-5-13/h2*4-8,12,14,19H,3,9-11H2,1-2H3,(H,23,26)/t2*14-,19-/m10/s1. The molecular weight excluding hydrogens is 726 g/mol. The molecule has 0 unspecified atom stereocenters. The Bertz CT molecular complexity index is 2030. The number of nitrogens with one attached hydrogen (secondary N) is 2. The topological polar surface area (TPSA) is 155 Å². The van der Waals surface area contributed by atoms with Crippen LogP contribution < -0.4 is 21.8 Å². The Morgan fingerprint density at radius 2 is 1.00 bits per heavy atom. The zero-order valence-electron chi connectivity index (χ0n) is 31.8. The molecule has 0 saturated heterocycles. The molecule has 2 fully saturated rings. The van der Waals surface area contributed by atoms with Crippen LogP contribution in [0.1, 0.15) is 92.1 Å². The lowest BCUT2D eigenvalue weighted by molar-refractivity contribution is 0.0924. The van der Waals surface area contributed by atoms with E-state index < -0.39 is 22.9 Å². The number of rotatable bonds is 16. The molecule has 2 aliphatic rings. The average Bonchev–Trinajstić information content (AvgIpc) is 4.12. The van der Waals surface area contributed by atoms with Gasteiger partial charge in [-0.05, 0) is 86.1 Å². The third-order valence-electron chi connectivity index (χ3n) is 9.66. The van der Waals surface area contributed by atoms with Crippen LogP contribution in [0.25, 0.3) is 0 Å². The molecule has 14 heteroatoms. The maximum absolute atomic E-state index is 13.1. The highest BCUT2D eigenvalue weighted by molar-refractivity contribution is 6.01. The maximum atomic E-state index is 13.1. The van der Waals surface area contributed by atoms with E-state index in [1.54, 1.807) is 24.3 Å². The minimum atomic E-state index is -0.550. The van der Waals surface area contributed by atoms with Gasteiger partial charge in [-0.3, -0.25) is 28.8 Å². The van der Waals surface area contributed by atoms with E-state index in [2.05, 4.69) is 10.6 Å². The average molecular weight is 773 g/mol. The molecule has 0 spiro atoms. The lowest BCUT2D eigenvalue weighted by atomic mass is 10.0. The number of hydrogen-bond donors (Lipinski definition) is 2. The van der Waals surface area contributed by atoms with Gasteiger partial charge < -0.3 is 29.2 Å². The Morgan fingerprint density at radius 1 is 0.643 bits per heavy atom. The smallest absolute Gasteiger partial charge is 0.263 e. The van der Waals surface area contributed by atoms with Gasteiger partial charge >= 0.3 is 0 Å². The summed E-state index contributed by atoms with van der Waals surface area (Å²) in [5.41, 5.74) is 0.812. The van der Waals surface area contributed by atoms with Crippen LogP contribution in [0.3, 0.4) is 0 Å². The molecule has 4 aromatic rings. The molecule has 0 bridgehead atoms. The summed E-state index contributed by atoms with van der Waals surface area (Å²) in [5, 5.41) is 4.86. The first kappa shape index (κ1) is 41.6. The second kappa shape index (κ2) is 18.8. The number of benzene rings is 2. The number of nitrogens with zero attached hydrogens (tertiary/aromatic N) is 2. The van der Waals surface area contributed by atoms with Crippen LogP contribution in [0.2, 0.25) is 0 Å². The molecule has 2 heterocycles. The Morgan fingerprint density at radius 3 is 1.32 bits per heavy atom. The Balaban J connectivity index is 0.000000214. The summed E-state index contributed by atoms with van der Waals surface area (Å²) in [6.45, 7) is 5.32. The van der Waals surface area contributed by atoms with Crippen LogP contribution >= 0.6 is 0 Å². The lowest BCUT2D eigenvalue weighted by Crippen LogP contribution is -2.32. The molecule has 2 aromatic heterocycles. The fraction of sp³-hybridized carbons (Fsp3) is 0.381. The predicted molar refractivity (Wildman–Crippen MR) is 204 cm³/mol. The van der Waals surface area contributed by atoms with Crippen LogP contribution in [0.15, 0.2) is 82.6 Å². The van der Waals surface area contributed by atoms with Crippen LogP contribution in [0.4, 0.5) is 8.78 Å². The molecule has 12 nitrogen and oxygen atoms in total. The van der Waals surface area contributed by atoms with E-state index in [0.717, 1.165) is 12.8 Å². The van der Waals surface area contributed by atoms with Crippen LogP contribution in [0, 0.1) is 23.5 Å². The number of carbonyl (C=O) groups is 4. The summed E-state index contributed by atoms with van der Waals surface area (Å²) in [5.74, 6) is -1.77. The van der Waals surface area contributed by atoms with Gasteiger partial charge in [0.25, 0.3) is 22.9 Å². The first-order chi connectivity index (χ1) is 26.8. The molecule has 0 radical (unpaired) electrons. The first-order valence-corrected chi connectivity index (χ1v) is 18.6. The van der Waals surface area contributed by atoms with E-state index in [0.29, 0.717) is 48.3 Å². The van der Waals surface area contributed by atoms with Gasteiger partial charge in [-0.15, -0.1) is 0 Å². The molecule has 4 atom stereocenters. The number of aromatic nitrogens is 2. The monoisotopic (exact) mass is 772 g/mol. The zero-order valence-corrected chi connectivity index (χ0v) is 31.8. The number of amides is 2. The summed E-state index contributed by atoms with van der Waals surface area (Å²) in [4.78, 5) is 75.1. The number of carbonyl (C=O) groups excluding carboxylic acids is 4. The number of ether oxygens (including phenoxy) is 2. The zero-order chi connectivity index (χ0) is 40.5. The van der Waals surface area contributed by atoms with Crippen molar-refractivity contribution in [3.05, 3.63) is 139 Å². The fourth-order valence-electron chi connectivity index (χ4n) is 6.40. The Hall–Kier alpha value is -5.60. The van der Waals surface area contributed by atoms with Gasteiger partial charge in [0.2, 0.25) is 0 Å². The highest BCUT2D eigenvalue weighted by Gasteiger charge is 2.40. The maximum Gasteiger partial charge on any atom is 0.263 e. The SMILES string of the molecule is CCO[C@@H]1C[C@H]1CC(=O)c1cc(C(=O)NC)c(=O)n(Cc2ccc(F)cc2)c1.CCO[C@H]1C[C@@H]1CC(=O)c1cc(C(=O)NC)c(=O)n(Cc2ccc(F)cc2)c1. The van der Waals surface area contributed by atoms with Crippen molar-refractivity contribution >= 4 is 23.4 Å². The van der Waals surface area contributed by atoms with Crippen molar-refractivity contribution in [1.82, 2.24) is 19.8 Å². The molecule has 2 aliphatic carbocycles. The molecule has 6 rings (SSSR count). The highest BCUT2D eigenvalue weighted by Crippen LogP contribution is 2.38. The quantitative estimate of drug-likeness (QED) is 0.154.